The standard InChI is InChI=1S/C11H14BrNO2S.CO2/c1-4-11(2,3)16-10-6-5-8(12)7-9(10)13(14)15;2-1-3/h5-7H,4H2,1-3H3;. The van der Waals surface area contributed by atoms with Gasteiger partial charge in [-0.05, 0) is 18.6 Å². The molecule has 0 radical (unpaired) electrons. The van der Waals surface area contributed by atoms with Crippen LogP contribution in [0.15, 0.2) is 27.6 Å². The van der Waals surface area contributed by atoms with Gasteiger partial charge in [0.2, 0.25) is 0 Å². The van der Waals surface area contributed by atoms with E-state index in [-0.39, 0.29) is 21.5 Å². The minimum atomic E-state index is -0.334. The molecule has 7 heteroatoms. The Labute approximate surface area is 124 Å². The number of benzene rings is 1. The molecule has 0 aliphatic carbocycles. The maximum Gasteiger partial charge on any atom is 0.373 e. The SMILES string of the molecule is CCC(C)(C)Sc1ccc(Br)cc1[N+](=O)[O-].O=C=O. The highest BCUT2D eigenvalue weighted by Gasteiger charge is 2.23. The molecule has 1 aromatic rings. The first kappa shape index (κ1) is 17.8. The number of halogens is 1. The topological polar surface area (TPSA) is 77.3 Å². The van der Waals surface area contributed by atoms with Crippen LogP contribution in [0, 0.1) is 10.1 Å². The lowest BCUT2D eigenvalue weighted by Crippen LogP contribution is -2.12. The molecule has 0 aliphatic heterocycles. The van der Waals surface area contributed by atoms with Crippen LogP contribution in [0.1, 0.15) is 27.2 Å². The highest BCUT2D eigenvalue weighted by atomic mass is 79.9. The number of nitrogens with zero attached hydrogens (tertiary/aromatic N) is 1. The van der Waals surface area contributed by atoms with Crippen LogP contribution in [0.5, 0.6) is 0 Å². The van der Waals surface area contributed by atoms with E-state index in [9.17, 15) is 10.1 Å². The maximum absolute atomic E-state index is 10.9. The molecule has 0 bridgehead atoms. The first-order valence-corrected chi connectivity index (χ1v) is 7.00. The fourth-order valence-corrected chi connectivity index (χ4v) is 2.55. The molecule has 19 heavy (non-hydrogen) atoms. The van der Waals surface area contributed by atoms with E-state index in [1.54, 1.807) is 23.9 Å². The normalized spacial score (nSPS) is 10.1. The van der Waals surface area contributed by atoms with Crippen LogP contribution < -0.4 is 0 Å². The number of rotatable bonds is 4. The zero-order chi connectivity index (χ0) is 15.1. The van der Waals surface area contributed by atoms with Crippen molar-refractivity contribution in [2.45, 2.75) is 36.8 Å². The fraction of sp³-hybridized carbons (Fsp3) is 0.417. The van der Waals surface area contributed by atoms with Crippen LogP contribution in [-0.2, 0) is 9.59 Å². The largest absolute Gasteiger partial charge is 0.373 e. The molecule has 1 aromatic carbocycles. The van der Waals surface area contributed by atoms with E-state index in [1.165, 1.54) is 0 Å². The van der Waals surface area contributed by atoms with Gasteiger partial charge >= 0.3 is 6.15 Å². The van der Waals surface area contributed by atoms with Crippen LogP contribution in [0.3, 0.4) is 0 Å². The smallest absolute Gasteiger partial charge is 0.258 e. The van der Waals surface area contributed by atoms with E-state index >= 15 is 0 Å². The van der Waals surface area contributed by atoms with Crippen LogP contribution >= 0.6 is 27.7 Å². The van der Waals surface area contributed by atoms with Gasteiger partial charge in [0, 0.05) is 15.3 Å². The van der Waals surface area contributed by atoms with E-state index in [4.69, 9.17) is 9.59 Å². The van der Waals surface area contributed by atoms with Gasteiger partial charge in [0.05, 0.1) is 9.82 Å². The molecule has 0 fully saturated rings. The predicted molar refractivity (Wildman–Crippen MR) is 76.0 cm³/mol. The van der Waals surface area contributed by atoms with Crippen LogP contribution in [0.25, 0.3) is 0 Å². The predicted octanol–water partition coefficient (Wildman–Crippen LogP) is 4.05. The van der Waals surface area contributed by atoms with E-state index in [2.05, 4.69) is 36.7 Å². The minimum Gasteiger partial charge on any atom is -0.258 e. The summed E-state index contributed by atoms with van der Waals surface area (Å²) in [5, 5.41) is 10.9. The molecule has 0 saturated carbocycles. The Balaban J connectivity index is 0.000000982. The summed E-state index contributed by atoms with van der Waals surface area (Å²) in [6.07, 6.45) is 1.21. The molecule has 0 unspecified atom stereocenters. The highest BCUT2D eigenvalue weighted by molar-refractivity contribution is 9.10. The van der Waals surface area contributed by atoms with Crippen LogP contribution in [0.2, 0.25) is 0 Å². The zero-order valence-corrected chi connectivity index (χ0v) is 13.2. The van der Waals surface area contributed by atoms with Crippen molar-refractivity contribution >= 4 is 39.5 Å². The molecular formula is C12H14BrNO4S. The number of nitro groups is 1. The van der Waals surface area contributed by atoms with E-state index in [1.807, 2.05) is 6.07 Å². The molecule has 0 aliphatic rings. The van der Waals surface area contributed by atoms with E-state index in [0.29, 0.717) is 0 Å². The van der Waals surface area contributed by atoms with Gasteiger partial charge in [0.1, 0.15) is 0 Å². The molecule has 0 atom stereocenters. The molecule has 104 valence electrons. The second kappa shape index (κ2) is 8.09. The van der Waals surface area contributed by atoms with Gasteiger partial charge in [-0.15, -0.1) is 11.8 Å². The van der Waals surface area contributed by atoms with Crippen molar-refractivity contribution in [2.24, 2.45) is 0 Å². The Morgan fingerprint density at radius 3 is 2.37 bits per heavy atom. The average Bonchev–Trinajstić information content (AvgIpc) is 2.32. The van der Waals surface area contributed by atoms with Gasteiger partial charge in [-0.2, -0.15) is 9.59 Å². The Morgan fingerprint density at radius 2 is 1.95 bits per heavy atom. The Bertz CT molecular complexity index is 485. The summed E-state index contributed by atoms with van der Waals surface area (Å²) >= 11 is 4.79. The summed E-state index contributed by atoms with van der Waals surface area (Å²) < 4.78 is 0.747. The molecule has 1 rings (SSSR count). The van der Waals surface area contributed by atoms with Gasteiger partial charge in [-0.1, -0.05) is 36.7 Å². The summed E-state index contributed by atoms with van der Waals surface area (Å²) in [5.41, 5.74) is 0.168. The summed E-state index contributed by atoms with van der Waals surface area (Å²) in [5.74, 6) is 0. The third kappa shape index (κ3) is 6.52. The molecule has 0 saturated heterocycles. The van der Waals surface area contributed by atoms with Crippen molar-refractivity contribution in [3.63, 3.8) is 0 Å². The number of carbonyl (C=O) groups excluding carboxylic acids is 2. The van der Waals surface area contributed by atoms with Gasteiger partial charge in [-0.3, -0.25) is 10.1 Å². The lowest BCUT2D eigenvalue weighted by molar-refractivity contribution is -0.387. The zero-order valence-electron chi connectivity index (χ0n) is 10.8. The van der Waals surface area contributed by atoms with Gasteiger partial charge in [0.15, 0.2) is 0 Å². The first-order valence-electron chi connectivity index (χ1n) is 5.39. The highest BCUT2D eigenvalue weighted by Crippen LogP contribution is 2.40. The Kier molecular flexibility index (Phi) is 7.59. The van der Waals surface area contributed by atoms with Crippen molar-refractivity contribution in [2.75, 3.05) is 0 Å². The molecule has 5 nitrogen and oxygen atoms in total. The molecule has 0 spiro atoms. The Morgan fingerprint density at radius 1 is 1.42 bits per heavy atom. The van der Waals surface area contributed by atoms with Crippen molar-refractivity contribution < 1.29 is 14.5 Å². The molecule has 0 amide bonds. The second-order valence-corrected chi connectivity index (χ2v) is 6.83. The van der Waals surface area contributed by atoms with E-state index < -0.39 is 0 Å². The summed E-state index contributed by atoms with van der Waals surface area (Å²) in [6.45, 7) is 6.25. The van der Waals surface area contributed by atoms with Crippen molar-refractivity contribution in [1.29, 1.82) is 0 Å². The minimum absolute atomic E-state index is 0.0125. The monoisotopic (exact) mass is 347 g/mol. The van der Waals surface area contributed by atoms with Gasteiger partial charge < -0.3 is 0 Å². The Hall–Kier alpha value is -1.17. The average molecular weight is 348 g/mol. The van der Waals surface area contributed by atoms with Gasteiger partial charge in [0.25, 0.3) is 5.69 Å². The summed E-state index contributed by atoms with van der Waals surface area (Å²) in [7, 11) is 0. The third-order valence-corrected chi connectivity index (χ3v) is 4.26. The number of thioether (sulfide) groups is 1. The number of hydrogen-bond acceptors (Lipinski definition) is 5. The fourth-order valence-electron chi connectivity index (χ4n) is 1.09. The number of nitro benzene ring substituents is 1. The molecule has 0 aromatic heterocycles. The summed E-state index contributed by atoms with van der Waals surface area (Å²) in [6, 6.07) is 5.18. The quantitative estimate of drug-likeness (QED) is 0.466. The van der Waals surface area contributed by atoms with Crippen molar-refractivity contribution in [3.05, 3.63) is 32.8 Å². The lowest BCUT2D eigenvalue weighted by Gasteiger charge is -2.21. The molecular weight excluding hydrogens is 334 g/mol. The first-order chi connectivity index (χ1) is 8.77. The van der Waals surface area contributed by atoms with Crippen molar-refractivity contribution in [3.8, 4) is 0 Å². The lowest BCUT2D eigenvalue weighted by atomic mass is 10.1. The van der Waals surface area contributed by atoms with Crippen molar-refractivity contribution in [1.82, 2.24) is 0 Å². The maximum atomic E-state index is 10.9. The van der Waals surface area contributed by atoms with E-state index in [0.717, 1.165) is 15.8 Å². The van der Waals surface area contributed by atoms with Crippen LogP contribution in [0.4, 0.5) is 5.69 Å². The van der Waals surface area contributed by atoms with Crippen LogP contribution in [-0.4, -0.2) is 15.8 Å². The molecule has 0 heterocycles. The number of hydrogen-bond donors (Lipinski definition) is 0. The molecule has 0 N–H and O–H groups in total. The third-order valence-electron chi connectivity index (χ3n) is 2.36. The second-order valence-electron chi connectivity index (χ2n) is 4.17. The van der Waals surface area contributed by atoms with Gasteiger partial charge in [-0.25, -0.2) is 0 Å². The summed E-state index contributed by atoms with van der Waals surface area (Å²) in [4.78, 5) is 27.6.